The van der Waals surface area contributed by atoms with Gasteiger partial charge in [-0.2, -0.15) is 0 Å². The first kappa shape index (κ1) is 23.6. The Morgan fingerprint density at radius 3 is 2.21 bits per heavy atom. The number of carbonyl (C=O) groups excluding carboxylic acids is 2. The van der Waals surface area contributed by atoms with Crippen LogP contribution in [0.3, 0.4) is 0 Å². The maximum absolute atomic E-state index is 13.5. The van der Waals surface area contributed by atoms with Gasteiger partial charge in [0.15, 0.2) is 22.9 Å². The fourth-order valence-electron chi connectivity index (χ4n) is 4.21. The molecule has 0 bridgehead atoms. The summed E-state index contributed by atoms with van der Waals surface area (Å²) in [5, 5.41) is 12.1. The second kappa shape index (κ2) is 9.37. The Hall–Kier alpha value is -3.55. The molecule has 1 atom stereocenters. The highest BCUT2D eigenvalue weighted by Crippen LogP contribution is 2.45. The standard InChI is InChI=1S/C26H24ClNO6/c1-32-22-12-17(13-23(33-2)24(22)34-3)21(29)14-26(31)18-9-5-7-11-20(18)28(25(26)30)15-16-8-4-6-10-19(16)27/h4-13,31H,14-15H2,1-3H3/t26-/m1/s1. The normalized spacial score (nSPS) is 16.9. The molecule has 1 aliphatic rings. The number of fused-ring (bicyclic) bond motifs is 1. The number of benzene rings is 3. The van der Waals surface area contributed by atoms with Gasteiger partial charge in [-0.05, 0) is 29.8 Å². The van der Waals surface area contributed by atoms with Crippen LogP contribution in [0.15, 0.2) is 60.7 Å². The average molecular weight is 482 g/mol. The molecule has 4 rings (SSSR count). The highest BCUT2D eigenvalue weighted by atomic mass is 35.5. The maximum atomic E-state index is 13.5. The number of hydrogen-bond donors (Lipinski definition) is 1. The summed E-state index contributed by atoms with van der Waals surface area (Å²) in [5.74, 6) is -0.0984. The molecule has 1 heterocycles. The molecule has 7 nitrogen and oxygen atoms in total. The van der Waals surface area contributed by atoms with Crippen molar-refractivity contribution in [3.05, 3.63) is 82.4 Å². The molecule has 0 radical (unpaired) electrons. The van der Waals surface area contributed by atoms with Gasteiger partial charge in [0.1, 0.15) is 0 Å². The number of ketones is 1. The quantitative estimate of drug-likeness (QED) is 0.481. The zero-order valence-electron chi connectivity index (χ0n) is 19.0. The molecule has 0 spiro atoms. The van der Waals surface area contributed by atoms with Crippen LogP contribution in [0.4, 0.5) is 5.69 Å². The number of anilines is 1. The van der Waals surface area contributed by atoms with E-state index >= 15 is 0 Å². The van der Waals surface area contributed by atoms with Crippen molar-refractivity contribution >= 4 is 29.0 Å². The Balaban J connectivity index is 1.70. The number of Topliss-reactive ketones (excluding diaryl/α,β-unsaturated/α-hetero) is 1. The molecule has 0 aromatic heterocycles. The molecular weight excluding hydrogens is 458 g/mol. The summed E-state index contributed by atoms with van der Waals surface area (Å²) in [7, 11) is 4.36. The van der Waals surface area contributed by atoms with E-state index in [9.17, 15) is 14.7 Å². The van der Waals surface area contributed by atoms with Crippen molar-refractivity contribution in [2.24, 2.45) is 0 Å². The molecule has 0 fully saturated rings. The fraction of sp³-hybridized carbons (Fsp3) is 0.231. The van der Waals surface area contributed by atoms with Gasteiger partial charge in [-0.3, -0.25) is 9.59 Å². The van der Waals surface area contributed by atoms with Crippen LogP contribution in [0.25, 0.3) is 0 Å². The molecule has 34 heavy (non-hydrogen) atoms. The second-order valence-electron chi connectivity index (χ2n) is 7.87. The van der Waals surface area contributed by atoms with E-state index in [0.717, 1.165) is 5.56 Å². The van der Waals surface area contributed by atoms with E-state index in [1.54, 1.807) is 36.4 Å². The van der Waals surface area contributed by atoms with Gasteiger partial charge in [0, 0.05) is 16.1 Å². The van der Waals surface area contributed by atoms with Crippen molar-refractivity contribution in [3.63, 3.8) is 0 Å². The first-order valence-corrected chi connectivity index (χ1v) is 10.9. The number of para-hydroxylation sites is 1. The molecule has 0 saturated heterocycles. The van der Waals surface area contributed by atoms with Crippen LogP contribution in [0.5, 0.6) is 17.2 Å². The lowest BCUT2D eigenvalue weighted by Crippen LogP contribution is -2.41. The van der Waals surface area contributed by atoms with Crippen LogP contribution in [-0.4, -0.2) is 38.1 Å². The molecule has 1 amide bonds. The lowest BCUT2D eigenvalue weighted by atomic mass is 9.88. The van der Waals surface area contributed by atoms with Crippen molar-refractivity contribution < 1.29 is 28.9 Å². The van der Waals surface area contributed by atoms with Gasteiger partial charge in [0.2, 0.25) is 5.75 Å². The number of amides is 1. The highest BCUT2D eigenvalue weighted by molar-refractivity contribution is 6.31. The Labute approximate surface area is 202 Å². The Morgan fingerprint density at radius 1 is 0.971 bits per heavy atom. The molecule has 1 aliphatic heterocycles. The summed E-state index contributed by atoms with van der Waals surface area (Å²) in [6, 6.07) is 17.1. The van der Waals surface area contributed by atoms with E-state index in [-0.39, 0.29) is 12.1 Å². The predicted octanol–water partition coefficient (Wildman–Crippen LogP) is 4.37. The van der Waals surface area contributed by atoms with Crippen LogP contribution in [0.2, 0.25) is 5.02 Å². The monoisotopic (exact) mass is 481 g/mol. The van der Waals surface area contributed by atoms with Crippen LogP contribution in [-0.2, 0) is 16.9 Å². The molecular formula is C26H24ClNO6. The van der Waals surface area contributed by atoms with Crippen molar-refractivity contribution in [2.75, 3.05) is 26.2 Å². The summed E-state index contributed by atoms with van der Waals surface area (Å²) in [4.78, 5) is 28.3. The van der Waals surface area contributed by atoms with E-state index in [1.807, 2.05) is 12.1 Å². The molecule has 176 valence electrons. The summed E-state index contributed by atoms with van der Waals surface area (Å²) in [6.45, 7) is 0.163. The minimum Gasteiger partial charge on any atom is -0.493 e. The Kier molecular flexibility index (Phi) is 6.50. The SMILES string of the molecule is COc1cc(C(=O)C[C@]2(O)C(=O)N(Cc3ccccc3Cl)c3ccccc32)cc(OC)c1OC. The average Bonchev–Trinajstić information content (AvgIpc) is 3.06. The van der Waals surface area contributed by atoms with Crippen LogP contribution < -0.4 is 19.1 Å². The zero-order valence-corrected chi connectivity index (χ0v) is 19.8. The number of hydrogen-bond acceptors (Lipinski definition) is 6. The van der Waals surface area contributed by atoms with Crippen LogP contribution >= 0.6 is 11.6 Å². The number of halogens is 1. The second-order valence-corrected chi connectivity index (χ2v) is 8.28. The number of carbonyl (C=O) groups is 2. The summed E-state index contributed by atoms with van der Waals surface area (Å²) >= 11 is 6.31. The maximum Gasteiger partial charge on any atom is 0.264 e. The van der Waals surface area contributed by atoms with Gasteiger partial charge < -0.3 is 24.2 Å². The van der Waals surface area contributed by atoms with Crippen molar-refractivity contribution in [3.8, 4) is 17.2 Å². The number of methoxy groups -OCH3 is 3. The molecule has 0 saturated carbocycles. The third kappa shape index (κ3) is 3.97. The summed E-state index contributed by atoms with van der Waals surface area (Å²) in [5.41, 5.74) is -0.180. The lowest BCUT2D eigenvalue weighted by molar-refractivity contribution is -0.136. The first-order chi connectivity index (χ1) is 16.3. The molecule has 1 N–H and O–H groups in total. The van der Waals surface area contributed by atoms with Gasteiger partial charge in [-0.25, -0.2) is 0 Å². The minimum absolute atomic E-state index is 0.163. The molecule has 0 aliphatic carbocycles. The van der Waals surface area contributed by atoms with Crippen molar-refractivity contribution in [1.29, 1.82) is 0 Å². The van der Waals surface area contributed by atoms with Gasteiger partial charge in [-0.1, -0.05) is 48.0 Å². The number of aliphatic hydroxyl groups is 1. The van der Waals surface area contributed by atoms with Gasteiger partial charge in [0.05, 0.1) is 40.0 Å². The van der Waals surface area contributed by atoms with E-state index < -0.39 is 23.7 Å². The predicted molar refractivity (Wildman–Crippen MR) is 128 cm³/mol. The number of rotatable bonds is 8. The van der Waals surface area contributed by atoms with Gasteiger partial charge in [-0.15, -0.1) is 0 Å². The molecule has 3 aromatic carbocycles. The zero-order chi connectivity index (χ0) is 24.5. The van der Waals surface area contributed by atoms with Crippen LogP contribution in [0, 0.1) is 0 Å². The number of ether oxygens (including phenoxy) is 3. The molecule has 3 aromatic rings. The van der Waals surface area contributed by atoms with Crippen LogP contribution in [0.1, 0.15) is 27.9 Å². The van der Waals surface area contributed by atoms with E-state index in [0.29, 0.717) is 33.5 Å². The van der Waals surface area contributed by atoms with Gasteiger partial charge in [0.25, 0.3) is 5.91 Å². The lowest BCUT2D eigenvalue weighted by Gasteiger charge is -2.23. The van der Waals surface area contributed by atoms with Crippen molar-refractivity contribution in [2.45, 2.75) is 18.6 Å². The number of nitrogens with zero attached hydrogens (tertiary/aromatic N) is 1. The summed E-state index contributed by atoms with van der Waals surface area (Å²) < 4.78 is 16.0. The smallest absolute Gasteiger partial charge is 0.264 e. The molecule has 0 unspecified atom stereocenters. The highest BCUT2D eigenvalue weighted by Gasteiger charge is 2.51. The third-order valence-electron chi connectivity index (χ3n) is 5.93. The topological polar surface area (TPSA) is 85.3 Å². The first-order valence-electron chi connectivity index (χ1n) is 10.5. The molecule has 8 heteroatoms. The Bertz CT molecular complexity index is 1230. The minimum atomic E-state index is -2.03. The Morgan fingerprint density at radius 2 is 1.59 bits per heavy atom. The van der Waals surface area contributed by atoms with E-state index in [1.165, 1.54) is 38.4 Å². The van der Waals surface area contributed by atoms with Crippen molar-refractivity contribution in [1.82, 2.24) is 0 Å². The fourth-order valence-corrected chi connectivity index (χ4v) is 4.40. The third-order valence-corrected chi connectivity index (χ3v) is 6.30. The van der Waals surface area contributed by atoms with Gasteiger partial charge >= 0.3 is 0 Å². The largest absolute Gasteiger partial charge is 0.493 e. The van der Waals surface area contributed by atoms with E-state index in [2.05, 4.69) is 0 Å². The summed E-state index contributed by atoms with van der Waals surface area (Å²) in [6.07, 6.45) is -0.458. The van der Waals surface area contributed by atoms with E-state index in [4.69, 9.17) is 25.8 Å².